The number of fused-ring (bicyclic) bond motifs is 14. The van der Waals surface area contributed by atoms with Gasteiger partial charge in [0.25, 0.3) is 0 Å². The van der Waals surface area contributed by atoms with Crippen molar-refractivity contribution in [2.75, 3.05) is 4.90 Å². The van der Waals surface area contributed by atoms with Gasteiger partial charge in [-0.05, 0) is 72.8 Å². The van der Waals surface area contributed by atoms with Crippen LogP contribution in [0.25, 0.3) is 77.9 Å². The fourth-order valence-electron chi connectivity index (χ4n) is 9.21. The number of hydrogen-bond acceptors (Lipinski definition) is 2. The van der Waals surface area contributed by atoms with Crippen LogP contribution < -0.4 is 9.64 Å². The molecular formula is C52H33N3O. The number of aromatic nitrogens is 2. The zero-order valence-electron chi connectivity index (χ0n) is 30.3. The molecule has 0 aliphatic carbocycles. The fraction of sp³-hybridized carbons (Fsp3) is 0. The highest BCUT2D eigenvalue weighted by atomic mass is 16.5. The van der Waals surface area contributed by atoms with E-state index in [0.717, 1.165) is 67.8 Å². The monoisotopic (exact) mass is 715 g/mol. The van der Waals surface area contributed by atoms with Gasteiger partial charge in [-0.2, -0.15) is 0 Å². The summed E-state index contributed by atoms with van der Waals surface area (Å²) < 4.78 is 11.6. The Labute approximate surface area is 324 Å². The number of anilines is 3. The number of ether oxygens (including phenoxy) is 1. The standard InChI is InChI=1S/C52H33N3O/c1-2-17-34(18-3-1)53-43-27-10-4-21-37(43)49-38-22-5-11-28-44(38)54(51(49)40-24-7-13-30-46(40)53)35-19-16-20-36(33-35)55-45-29-12-6-23-39(45)50-41-25-8-14-31-47(41)56-48-32-15-9-26-42(48)52(50)55/h1-33H. The Balaban J connectivity index is 1.17. The van der Waals surface area contributed by atoms with Crippen LogP contribution in [0.3, 0.4) is 0 Å². The Morgan fingerprint density at radius 1 is 0.321 bits per heavy atom. The molecule has 12 rings (SSSR count). The van der Waals surface area contributed by atoms with Crippen LogP contribution in [0.5, 0.6) is 11.5 Å². The molecule has 0 fully saturated rings. The average Bonchev–Trinajstić information content (AvgIpc) is 3.69. The zero-order chi connectivity index (χ0) is 36.7. The van der Waals surface area contributed by atoms with Gasteiger partial charge in [0.2, 0.25) is 0 Å². The van der Waals surface area contributed by atoms with Crippen LogP contribution in [0.2, 0.25) is 0 Å². The maximum absolute atomic E-state index is 6.67. The van der Waals surface area contributed by atoms with Gasteiger partial charge in [0.15, 0.2) is 0 Å². The fourth-order valence-corrected chi connectivity index (χ4v) is 9.21. The summed E-state index contributed by atoms with van der Waals surface area (Å²) in [4.78, 5) is 2.42. The summed E-state index contributed by atoms with van der Waals surface area (Å²) >= 11 is 0. The van der Waals surface area contributed by atoms with Gasteiger partial charge in [0.05, 0.1) is 33.8 Å². The van der Waals surface area contributed by atoms with Crippen molar-refractivity contribution >= 4 is 38.9 Å². The normalized spacial score (nSPS) is 12.4. The number of nitrogens with zero attached hydrogens (tertiary/aromatic N) is 3. The van der Waals surface area contributed by atoms with Crippen molar-refractivity contribution in [2.45, 2.75) is 0 Å². The van der Waals surface area contributed by atoms with Gasteiger partial charge in [0.1, 0.15) is 11.5 Å². The second-order valence-corrected chi connectivity index (χ2v) is 14.5. The Morgan fingerprint density at radius 3 is 1.45 bits per heavy atom. The van der Waals surface area contributed by atoms with Gasteiger partial charge < -0.3 is 18.8 Å². The van der Waals surface area contributed by atoms with Crippen LogP contribution in [0.4, 0.5) is 17.1 Å². The van der Waals surface area contributed by atoms with Crippen LogP contribution in [0, 0.1) is 0 Å². The minimum Gasteiger partial charge on any atom is -0.456 e. The third-order valence-corrected chi connectivity index (χ3v) is 11.4. The van der Waals surface area contributed by atoms with Crippen LogP contribution in [0.15, 0.2) is 200 Å². The topological polar surface area (TPSA) is 22.3 Å². The van der Waals surface area contributed by atoms with E-state index in [4.69, 9.17) is 4.74 Å². The molecule has 262 valence electrons. The quantitative estimate of drug-likeness (QED) is 0.182. The maximum atomic E-state index is 6.67. The predicted molar refractivity (Wildman–Crippen MR) is 230 cm³/mol. The molecular weight excluding hydrogens is 683 g/mol. The first-order chi connectivity index (χ1) is 27.8. The average molecular weight is 716 g/mol. The van der Waals surface area contributed by atoms with E-state index in [0.29, 0.717) is 0 Å². The first-order valence-electron chi connectivity index (χ1n) is 19.1. The van der Waals surface area contributed by atoms with Crippen molar-refractivity contribution < 1.29 is 4.74 Å². The van der Waals surface area contributed by atoms with Gasteiger partial charge in [0, 0.05) is 61.2 Å². The lowest BCUT2D eigenvalue weighted by Gasteiger charge is -2.27. The van der Waals surface area contributed by atoms with E-state index in [1.165, 1.54) is 38.7 Å². The zero-order valence-corrected chi connectivity index (χ0v) is 30.3. The second kappa shape index (κ2) is 12.0. The van der Waals surface area contributed by atoms with Crippen molar-refractivity contribution in [3.8, 4) is 67.6 Å². The van der Waals surface area contributed by atoms with Gasteiger partial charge in [-0.15, -0.1) is 0 Å². The molecule has 2 aliphatic heterocycles. The lowest BCUT2D eigenvalue weighted by atomic mass is 9.98. The Kier molecular flexibility index (Phi) is 6.60. The van der Waals surface area contributed by atoms with E-state index in [1.54, 1.807) is 0 Å². The van der Waals surface area contributed by atoms with Gasteiger partial charge in [-0.3, -0.25) is 0 Å². The predicted octanol–water partition coefficient (Wildman–Crippen LogP) is 14.1. The van der Waals surface area contributed by atoms with E-state index in [2.05, 4.69) is 214 Å². The van der Waals surface area contributed by atoms with Crippen LogP contribution in [-0.4, -0.2) is 9.13 Å². The first kappa shape index (κ1) is 30.9. The SMILES string of the molecule is c1ccc(N2c3ccccc3-c3c(n(-c4cccc(-n5c6c(c7ccccc75)-c5ccccc5Oc5ccccc5-6)c4)c4ccccc34)-c3ccccc32)cc1. The highest BCUT2D eigenvalue weighted by Crippen LogP contribution is 2.55. The first-order valence-corrected chi connectivity index (χ1v) is 19.1. The molecule has 56 heavy (non-hydrogen) atoms. The van der Waals surface area contributed by atoms with E-state index in [1.807, 2.05) is 0 Å². The molecule has 4 heteroatoms. The minimum atomic E-state index is 0.846. The van der Waals surface area contributed by atoms with E-state index in [-0.39, 0.29) is 0 Å². The molecule has 0 bridgehead atoms. The summed E-state index contributed by atoms with van der Waals surface area (Å²) in [6.45, 7) is 0. The molecule has 0 amide bonds. The van der Waals surface area contributed by atoms with Gasteiger partial charge in [-0.1, -0.05) is 127 Å². The van der Waals surface area contributed by atoms with Crippen LogP contribution in [-0.2, 0) is 0 Å². The van der Waals surface area contributed by atoms with Crippen molar-refractivity contribution in [3.63, 3.8) is 0 Å². The summed E-state index contributed by atoms with van der Waals surface area (Å²) in [6.07, 6.45) is 0. The smallest absolute Gasteiger partial charge is 0.136 e. The minimum absolute atomic E-state index is 0.846. The second-order valence-electron chi connectivity index (χ2n) is 14.5. The highest BCUT2D eigenvalue weighted by molar-refractivity contribution is 6.13. The van der Waals surface area contributed by atoms with Crippen molar-refractivity contribution in [1.29, 1.82) is 0 Å². The van der Waals surface area contributed by atoms with Crippen molar-refractivity contribution in [2.24, 2.45) is 0 Å². The largest absolute Gasteiger partial charge is 0.456 e. The van der Waals surface area contributed by atoms with Crippen molar-refractivity contribution in [1.82, 2.24) is 9.13 Å². The van der Waals surface area contributed by atoms with E-state index in [9.17, 15) is 0 Å². The van der Waals surface area contributed by atoms with E-state index < -0.39 is 0 Å². The van der Waals surface area contributed by atoms with Gasteiger partial charge in [-0.25, -0.2) is 0 Å². The molecule has 8 aromatic carbocycles. The van der Waals surface area contributed by atoms with Crippen molar-refractivity contribution in [3.05, 3.63) is 200 Å². The third kappa shape index (κ3) is 4.35. The van der Waals surface area contributed by atoms with Gasteiger partial charge >= 0.3 is 0 Å². The molecule has 0 N–H and O–H groups in total. The number of para-hydroxylation sites is 7. The van der Waals surface area contributed by atoms with Crippen LogP contribution >= 0.6 is 0 Å². The van der Waals surface area contributed by atoms with E-state index >= 15 is 0 Å². The summed E-state index contributed by atoms with van der Waals surface area (Å²) in [5, 5.41) is 2.40. The lowest BCUT2D eigenvalue weighted by Crippen LogP contribution is -2.11. The molecule has 0 saturated carbocycles. The summed E-state index contributed by atoms with van der Waals surface area (Å²) in [5.74, 6) is 1.71. The summed E-state index contributed by atoms with van der Waals surface area (Å²) in [7, 11) is 0. The molecule has 0 saturated heterocycles. The summed E-state index contributed by atoms with van der Waals surface area (Å²) in [5.41, 5.74) is 17.1. The number of rotatable bonds is 3. The maximum Gasteiger partial charge on any atom is 0.136 e. The molecule has 0 atom stereocenters. The molecule has 2 aromatic heterocycles. The Hall–Kier alpha value is -7.56. The molecule has 0 spiro atoms. The molecule has 2 aliphatic rings. The Morgan fingerprint density at radius 2 is 0.768 bits per heavy atom. The van der Waals surface area contributed by atoms with Crippen LogP contribution in [0.1, 0.15) is 0 Å². The molecule has 0 radical (unpaired) electrons. The Bertz CT molecular complexity index is 3190. The molecule has 4 nitrogen and oxygen atoms in total. The molecule has 0 unspecified atom stereocenters. The highest BCUT2D eigenvalue weighted by Gasteiger charge is 2.32. The molecule has 4 heterocycles. The molecule has 10 aromatic rings. The number of hydrogen-bond donors (Lipinski definition) is 0. The third-order valence-electron chi connectivity index (χ3n) is 11.4. The summed E-state index contributed by atoms with van der Waals surface area (Å²) in [6, 6.07) is 71.9. The lowest BCUT2D eigenvalue weighted by molar-refractivity contribution is 0.487. The number of benzene rings is 8.